The van der Waals surface area contributed by atoms with E-state index < -0.39 is 11.5 Å². The number of furan rings is 1. The molecule has 0 amide bonds. The topological polar surface area (TPSA) is 53.7 Å². The minimum absolute atomic E-state index is 0.567. The Bertz CT molecular complexity index is 432. The molecule has 5 heteroatoms. The quantitative estimate of drug-likeness (QED) is 0.906. The molecule has 1 atom stereocenters. The Kier molecular flexibility index (Phi) is 4.12. The van der Waals surface area contributed by atoms with E-state index in [1.54, 1.807) is 0 Å². The fourth-order valence-electron chi connectivity index (χ4n) is 2.84. The van der Waals surface area contributed by atoms with Crippen LogP contribution in [-0.2, 0) is 11.3 Å². The predicted molar refractivity (Wildman–Crippen MR) is 71.3 cm³/mol. The van der Waals surface area contributed by atoms with E-state index >= 15 is 0 Å². The lowest BCUT2D eigenvalue weighted by atomic mass is 9.90. The molecular weight excluding hydrogens is 298 g/mol. The van der Waals surface area contributed by atoms with E-state index in [1.807, 2.05) is 24.0 Å². The number of carboxylic acid groups (broad SMARTS) is 1. The van der Waals surface area contributed by atoms with Crippen LogP contribution in [0.3, 0.4) is 0 Å². The van der Waals surface area contributed by atoms with Crippen molar-refractivity contribution in [3.05, 3.63) is 22.6 Å². The maximum Gasteiger partial charge on any atom is 0.324 e. The van der Waals surface area contributed by atoms with Gasteiger partial charge in [0.2, 0.25) is 0 Å². The van der Waals surface area contributed by atoms with Gasteiger partial charge >= 0.3 is 5.97 Å². The van der Waals surface area contributed by atoms with Crippen LogP contribution in [-0.4, -0.2) is 28.1 Å². The van der Waals surface area contributed by atoms with Crippen LogP contribution >= 0.6 is 15.9 Å². The molecule has 100 valence electrons. The number of likely N-dealkylation sites (tertiary alicyclic amines) is 1. The molecule has 0 bridgehead atoms. The van der Waals surface area contributed by atoms with Gasteiger partial charge in [0.05, 0.1) is 6.54 Å². The predicted octanol–water partition coefficient (Wildman–Crippen LogP) is 3.26. The Balaban J connectivity index is 2.17. The van der Waals surface area contributed by atoms with Crippen LogP contribution in [0.25, 0.3) is 0 Å². The highest BCUT2D eigenvalue weighted by Crippen LogP contribution is 2.35. The second-order valence-electron chi connectivity index (χ2n) is 4.82. The summed E-state index contributed by atoms with van der Waals surface area (Å²) in [4.78, 5) is 13.7. The van der Waals surface area contributed by atoms with Crippen LogP contribution in [0.1, 0.15) is 38.4 Å². The number of halogens is 1. The molecule has 2 rings (SSSR count). The first-order valence-corrected chi connectivity index (χ1v) is 7.10. The van der Waals surface area contributed by atoms with Crippen molar-refractivity contribution >= 4 is 21.9 Å². The lowest BCUT2D eigenvalue weighted by Gasteiger charge is -2.34. The Morgan fingerprint density at radius 1 is 1.61 bits per heavy atom. The first-order valence-electron chi connectivity index (χ1n) is 6.31. The summed E-state index contributed by atoms with van der Waals surface area (Å²) < 4.78 is 6.17. The molecule has 1 N–H and O–H groups in total. The fourth-order valence-corrected chi connectivity index (χ4v) is 3.18. The van der Waals surface area contributed by atoms with Crippen molar-refractivity contribution in [2.24, 2.45) is 0 Å². The molecule has 1 aliphatic rings. The fraction of sp³-hybridized carbons (Fsp3) is 0.615. The normalized spacial score (nSPS) is 24.6. The van der Waals surface area contributed by atoms with Gasteiger partial charge in [-0.05, 0) is 53.9 Å². The Morgan fingerprint density at radius 2 is 2.39 bits per heavy atom. The van der Waals surface area contributed by atoms with Gasteiger partial charge in [-0.3, -0.25) is 9.69 Å². The number of hydrogen-bond donors (Lipinski definition) is 1. The average Bonchev–Trinajstić information content (AvgIpc) is 2.88. The van der Waals surface area contributed by atoms with Gasteiger partial charge in [0, 0.05) is 0 Å². The molecule has 1 aromatic heterocycles. The SMILES string of the molecule is CCCC1(C(=O)O)CCCN1Cc1ccc(Br)o1. The lowest BCUT2D eigenvalue weighted by Crippen LogP contribution is -2.49. The largest absolute Gasteiger partial charge is 0.480 e. The monoisotopic (exact) mass is 315 g/mol. The number of nitrogens with zero attached hydrogens (tertiary/aromatic N) is 1. The van der Waals surface area contributed by atoms with E-state index in [1.165, 1.54) is 0 Å². The summed E-state index contributed by atoms with van der Waals surface area (Å²) >= 11 is 3.27. The summed E-state index contributed by atoms with van der Waals surface area (Å²) in [5.41, 5.74) is -0.700. The van der Waals surface area contributed by atoms with Gasteiger partial charge in [-0.2, -0.15) is 0 Å². The average molecular weight is 316 g/mol. The highest BCUT2D eigenvalue weighted by Gasteiger charge is 2.46. The van der Waals surface area contributed by atoms with Gasteiger partial charge < -0.3 is 9.52 Å². The zero-order chi connectivity index (χ0) is 13.2. The molecule has 0 aromatic carbocycles. The van der Waals surface area contributed by atoms with Crippen molar-refractivity contribution in [2.75, 3.05) is 6.54 Å². The van der Waals surface area contributed by atoms with Crippen LogP contribution in [0.4, 0.5) is 0 Å². The van der Waals surface area contributed by atoms with Crippen molar-refractivity contribution in [2.45, 2.75) is 44.7 Å². The second kappa shape index (κ2) is 5.45. The Morgan fingerprint density at radius 3 is 2.94 bits per heavy atom. The second-order valence-corrected chi connectivity index (χ2v) is 5.60. The summed E-state index contributed by atoms with van der Waals surface area (Å²) in [6, 6.07) is 3.73. The van der Waals surface area contributed by atoms with Gasteiger partial charge in [0.1, 0.15) is 11.3 Å². The van der Waals surface area contributed by atoms with Crippen LogP contribution in [0.15, 0.2) is 21.2 Å². The van der Waals surface area contributed by atoms with Gasteiger partial charge in [-0.1, -0.05) is 13.3 Å². The molecule has 1 saturated heterocycles. The molecule has 1 aromatic rings. The molecule has 0 spiro atoms. The number of aliphatic carboxylic acids is 1. The molecule has 1 aliphatic heterocycles. The summed E-state index contributed by atoms with van der Waals surface area (Å²) in [5, 5.41) is 9.57. The standard InChI is InChI=1S/C13H18BrNO3/c1-2-6-13(12(16)17)7-3-8-15(13)9-10-4-5-11(14)18-10/h4-5H,2-3,6-9H2,1H3,(H,16,17). The molecule has 1 fully saturated rings. The zero-order valence-electron chi connectivity index (χ0n) is 10.5. The van der Waals surface area contributed by atoms with Gasteiger partial charge in [0.25, 0.3) is 0 Å². The lowest BCUT2D eigenvalue weighted by molar-refractivity contribution is -0.150. The molecule has 0 aliphatic carbocycles. The zero-order valence-corrected chi connectivity index (χ0v) is 12.1. The smallest absolute Gasteiger partial charge is 0.324 e. The minimum Gasteiger partial charge on any atom is -0.480 e. The Labute approximate surface area is 115 Å². The van der Waals surface area contributed by atoms with Crippen molar-refractivity contribution in [3.63, 3.8) is 0 Å². The summed E-state index contributed by atoms with van der Waals surface area (Å²) in [5.74, 6) is 0.109. The molecule has 1 unspecified atom stereocenters. The van der Waals surface area contributed by atoms with Gasteiger partial charge in [-0.15, -0.1) is 0 Å². The van der Waals surface area contributed by atoms with E-state index in [0.29, 0.717) is 17.6 Å². The van der Waals surface area contributed by atoms with Crippen LogP contribution in [0, 0.1) is 0 Å². The Hall–Kier alpha value is -0.810. The van der Waals surface area contributed by atoms with Crippen molar-refractivity contribution in [1.29, 1.82) is 0 Å². The summed E-state index contributed by atoms with van der Waals surface area (Å²) in [7, 11) is 0. The van der Waals surface area contributed by atoms with Crippen LogP contribution < -0.4 is 0 Å². The van der Waals surface area contributed by atoms with Gasteiger partial charge in [0.15, 0.2) is 4.67 Å². The molecule has 2 heterocycles. The molecule has 0 radical (unpaired) electrons. The van der Waals surface area contributed by atoms with E-state index in [9.17, 15) is 9.90 Å². The third kappa shape index (κ3) is 2.47. The van der Waals surface area contributed by atoms with Crippen molar-refractivity contribution < 1.29 is 14.3 Å². The third-order valence-electron chi connectivity index (χ3n) is 3.66. The molecule has 0 saturated carbocycles. The first-order chi connectivity index (χ1) is 8.58. The number of rotatable bonds is 5. The first kappa shape index (κ1) is 13.6. The van der Waals surface area contributed by atoms with E-state index in [-0.39, 0.29) is 0 Å². The molecular formula is C13H18BrNO3. The van der Waals surface area contributed by atoms with Crippen molar-refractivity contribution in [3.8, 4) is 0 Å². The van der Waals surface area contributed by atoms with Crippen molar-refractivity contribution in [1.82, 2.24) is 4.90 Å². The number of carbonyl (C=O) groups is 1. The number of carboxylic acids is 1. The maximum atomic E-state index is 11.6. The van der Waals surface area contributed by atoms with Crippen LogP contribution in [0.5, 0.6) is 0 Å². The number of hydrogen-bond acceptors (Lipinski definition) is 3. The summed E-state index contributed by atoms with van der Waals surface area (Å²) in [6.45, 7) is 3.42. The molecule has 18 heavy (non-hydrogen) atoms. The third-order valence-corrected chi connectivity index (χ3v) is 4.09. The summed E-state index contributed by atoms with van der Waals surface area (Å²) in [6.07, 6.45) is 3.25. The van der Waals surface area contributed by atoms with E-state index in [4.69, 9.17) is 4.42 Å². The molecule has 4 nitrogen and oxygen atoms in total. The van der Waals surface area contributed by atoms with Gasteiger partial charge in [-0.25, -0.2) is 0 Å². The van der Waals surface area contributed by atoms with E-state index in [0.717, 1.165) is 31.6 Å². The minimum atomic E-state index is -0.701. The maximum absolute atomic E-state index is 11.6. The van der Waals surface area contributed by atoms with Crippen LogP contribution in [0.2, 0.25) is 0 Å². The highest BCUT2D eigenvalue weighted by atomic mass is 79.9. The van der Waals surface area contributed by atoms with E-state index in [2.05, 4.69) is 15.9 Å². The highest BCUT2D eigenvalue weighted by molar-refractivity contribution is 9.10.